The van der Waals surface area contributed by atoms with Gasteiger partial charge in [-0.3, -0.25) is 5.10 Å². The van der Waals surface area contributed by atoms with Crippen molar-refractivity contribution in [2.75, 3.05) is 48.8 Å². The fourth-order valence-corrected chi connectivity index (χ4v) is 4.11. The monoisotopic (exact) mass is 451 g/mol. The maximum atomic E-state index is 13.3. The average Bonchev–Trinajstić information content (AvgIpc) is 3.20. The third-order valence-electron chi connectivity index (χ3n) is 6.51. The van der Waals surface area contributed by atoms with Crippen LogP contribution in [0.15, 0.2) is 30.3 Å². The van der Waals surface area contributed by atoms with Crippen molar-refractivity contribution in [3.8, 4) is 0 Å². The van der Waals surface area contributed by atoms with Crippen LogP contribution < -0.4 is 15.5 Å². The van der Waals surface area contributed by atoms with Crippen molar-refractivity contribution < 1.29 is 4.39 Å². The van der Waals surface area contributed by atoms with Crippen LogP contribution in [0.2, 0.25) is 0 Å². The number of halogens is 1. The van der Waals surface area contributed by atoms with Gasteiger partial charge in [-0.05, 0) is 44.5 Å². The van der Waals surface area contributed by atoms with Crippen LogP contribution in [-0.4, -0.2) is 63.3 Å². The molecule has 1 atom stereocenters. The molecule has 33 heavy (non-hydrogen) atoms. The van der Waals surface area contributed by atoms with E-state index in [1.807, 2.05) is 13.0 Å². The highest BCUT2D eigenvalue weighted by molar-refractivity contribution is 5.53. The highest BCUT2D eigenvalue weighted by Crippen LogP contribution is 2.36. The second-order valence-electron chi connectivity index (χ2n) is 8.95. The fourth-order valence-electron chi connectivity index (χ4n) is 4.11. The predicted octanol–water partition coefficient (Wildman–Crippen LogP) is 3.67. The van der Waals surface area contributed by atoms with Crippen molar-refractivity contribution in [2.24, 2.45) is 0 Å². The quantitative estimate of drug-likeness (QED) is 0.501. The Hall–Kier alpha value is -3.27. The van der Waals surface area contributed by atoms with Gasteiger partial charge in [-0.25, -0.2) is 4.39 Å². The Balaban J connectivity index is 1.38. The van der Waals surface area contributed by atoms with Gasteiger partial charge in [-0.2, -0.15) is 20.1 Å². The highest BCUT2D eigenvalue weighted by Gasteiger charge is 2.23. The Morgan fingerprint density at radius 1 is 1.03 bits per heavy atom. The SMILES string of the molecule is CC(Nc1nc(Nc2cc(C3CCC3)[nH]n2)nc(N2CCN(C)CC2)n1)c1ccc(F)cc1. The number of hydrogen-bond donors (Lipinski definition) is 3. The summed E-state index contributed by atoms with van der Waals surface area (Å²) in [6.07, 6.45) is 3.68. The van der Waals surface area contributed by atoms with E-state index in [1.165, 1.54) is 31.4 Å². The smallest absolute Gasteiger partial charge is 0.235 e. The molecule has 10 heteroatoms. The summed E-state index contributed by atoms with van der Waals surface area (Å²) in [5, 5.41) is 14.1. The predicted molar refractivity (Wildman–Crippen MR) is 126 cm³/mol. The number of hydrogen-bond acceptors (Lipinski definition) is 8. The summed E-state index contributed by atoms with van der Waals surface area (Å²) < 4.78 is 13.3. The summed E-state index contributed by atoms with van der Waals surface area (Å²) >= 11 is 0. The van der Waals surface area contributed by atoms with E-state index in [0.717, 1.165) is 37.4 Å². The topological polar surface area (TPSA) is 97.9 Å². The van der Waals surface area contributed by atoms with Gasteiger partial charge in [-0.15, -0.1) is 0 Å². The van der Waals surface area contributed by atoms with Crippen LogP contribution in [0.5, 0.6) is 0 Å². The first-order chi connectivity index (χ1) is 16.0. The van der Waals surface area contributed by atoms with E-state index in [-0.39, 0.29) is 11.9 Å². The number of likely N-dealkylation sites (N-methyl/N-ethyl adjacent to an activating group) is 1. The third-order valence-corrected chi connectivity index (χ3v) is 6.51. The summed E-state index contributed by atoms with van der Waals surface area (Å²) in [5.41, 5.74) is 2.10. The highest BCUT2D eigenvalue weighted by atomic mass is 19.1. The van der Waals surface area contributed by atoms with Crippen LogP contribution in [0.1, 0.15) is 49.4 Å². The maximum absolute atomic E-state index is 13.3. The Labute approximate surface area is 192 Å². The van der Waals surface area contributed by atoms with Crippen LogP contribution in [0, 0.1) is 5.82 Å². The van der Waals surface area contributed by atoms with E-state index >= 15 is 0 Å². The lowest BCUT2D eigenvalue weighted by atomic mass is 9.83. The normalized spacial score (nSPS) is 18.1. The zero-order chi connectivity index (χ0) is 22.8. The molecule has 1 aliphatic carbocycles. The molecule has 3 N–H and O–H groups in total. The van der Waals surface area contributed by atoms with Gasteiger partial charge in [0.15, 0.2) is 5.82 Å². The van der Waals surface area contributed by atoms with Gasteiger partial charge in [0.2, 0.25) is 17.8 Å². The molecule has 1 unspecified atom stereocenters. The van der Waals surface area contributed by atoms with Crippen molar-refractivity contribution >= 4 is 23.7 Å². The lowest BCUT2D eigenvalue weighted by Crippen LogP contribution is -2.45. The Kier molecular flexibility index (Phi) is 6.08. The van der Waals surface area contributed by atoms with Crippen LogP contribution in [-0.2, 0) is 0 Å². The zero-order valence-corrected chi connectivity index (χ0v) is 19.1. The van der Waals surface area contributed by atoms with E-state index in [1.54, 1.807) is 12.1 Å². The lowest BCUT2D eigenvalue weighted by molar-refractivity contribution is 0.311. The first-order valence-electron chi connectivity index (χ1n) is 11.6. The summed E-state index contributed by atoms with van der Waals surface area (Å²) in [4.78, 5) is 18.4. The van der Waals surface area contributed by atoms with Gasteiger partial charge in [0.1, 0.15) is 5.82 Å². The van der Waals surface area contributed by atoms with Crippen molar-refractivity contribution in [1.82, 2.24) is 30.0 Å². The van der Waals surface area contributed by atoms with E-state index in [0.29, 0.717) is 29.6 Å². The molecule has 2 aromatic heterocycles. The number of anilines is 4. The largest absolute Gasteiger partial charge is 0.348 e. The molecule has 1 aliphatic heterocycles. The van der Waals surface area contributed by atoms with Crippen LogP contribution >= 0.6 is 0 Å². The molecule has 5 rings (SSSR count). The average molecular weight is 452 g/mol. The lowest BCUT2D eigenvalue weighted by Gasteiger charge is -2.32. The molecular formula is C23H30FN9. The number of piperazine rings is 1. The number of aromatic nitrogens is 5. The molecule has 1 saturated heterocycles. The molecule has 1 aromatic carbocycles. The van der Waals surface area contributed by atoms with Gasteiger partial charge >= 0.3 is 0 Å². The van der Waals surface area contributed by atoms with Crippen molar-refractivity contribution in [2.45, 2.75) is 38.1 Å². The molecule has 3 heterocycles. The third kappa shape index (κ3) is 5.05. The van der Waals surface area contributed by atoms with Gasteiger partial charge in [0.05, 0.1) is 6.04 Å². The van der Waals surface area contributed by atoms with Crippen molar-refractivity contribution in [1.29, 1.82) is 0 Å². The summed E-state index contributed by atoms with van der Waals surface area (Å²) in [6.45, 7) is 5.60. The second kappa shape index (κ2) is 9.30. The second-order valence-corrected chi connectivity index (χ2v) is 8.95. The molecule has 0 amide bonds. The number of aromatic amines is 1. The number of nitrogens with zero attached hydrogens (tertiary/aromatic N) is 6. The Morgan fingerprint density at radius 3 is 2.45 bits per heavy atom. The molecule has 1 saturated carbocycles. The van der Waals surface area contributed by atoms with Gasteiger partial charge in [0, 0.05) is 43.9 Å². The molecule has 174 valence electrons. The van der Waals surface area contributed by atoms with E-state index < -0.39 is 0 Å². The summed E-state index contributed by atoms with van der Waals surface area (Å²) in [6, 6.07) is 8.39. The zero-order valence-electron chi connectivity index (χ0n) is 19.1. The molecule has 0 radical (unpaired) electrons. The van der Waals surface area contributed by atoms with Crippen molar-refractivity contribution in [3.05, 3.63) is 47.4 Å². The number of benzene rings is 1. The summed E-state index contributed by atoms with van der Waals surface area (Å²) in [7, 11) is 2.12. The molecule has 9 nitrogen and oxygen atoms in total. The minimum atomic E-state index is -0.254. The molecule has 0 bridgehead atoms. The minimum Gasteiger partial charge on any atom is -0.348 e. The molecule has 2 aliphatic rings. The van der Waals surface area contributed by atoms with E-state index in [2.05, 4.69) is 47.6 Å². The maximum Gasteiger partial charge on any atom is 0.235 e. The van der Waals surface area contributed by atoms with Crippen LogP contribution in [0.25, 0.3) is 0 Å². The van der Waals surface area contributed by atoms with Crippen LogP contribution in [0.3, 0.4) is 0 Å². The number of rotatable bonds is 7. The Bertz CT molecular complexity index is 1070. The molecule has 2 fully saturated rings. The first kappa shape index (κ1) is 21.6. The standard InChI is InChI=1S/C23H30FN9/c1-15(16-6-8-18(24)9-7-16)25-21-27-22(26-20-14-19(30-31-20)17-4-3-5-17)29-23(28-21)33-12-10-32(2)11-13-33/h6-9,14-15,17H,3-5,10-13H2,1-2H3,(H3,25,26,27,28,29,30,31). The Morgan fingerprint density at radius 2 is 1.76 bits per heavy atom. The molecular weight excluding hydrogens is 421 g/mol. The number of nitrogens with one attached hydrogen (secondary N) is 3. The van der Waals surface area contributed by atoms with E-state index in [9.17, 15) is 4.39 Å². The van der Waals surface area contributed by atoms with Gasteiger partial charge in [0.25, 0.3) is 0 Å². The first-order valence-corrected chi connectivity index (χ1v) is 11.6. The fraction of sp³-hybridized carbons (Fsp3) is 0.478. The van der Waals surface area contributed by atoms with Gasteiger partial charge < -0.3 is 20.4 Å². The summed E-state index contributed by atoms with van der Waals surface area (Å²) in [5.74, 6) is 2.55. The van der Waals surface area contributed by atoms with Crippen molar-refractivity contribution in [3.63, 3.8) is 0 Å². The molecule has 3 aromatic rings. The van der Waals surface area contributed by atoms with Gasteiger partial charge in [-0.1, -0.05) is 18.6 Å². The molecule has 0 spiro atoms. The minimum absolute atomic E-state index is 0.100. The van der Waals surface area contributed by atoms with E-state index in [4.69, 9.17) is 4.98 Å². The number of H-pyrrole nitrogens is 1. The van der Waals surface area contributed by atoms with Crippen LogP contribution in [0.4, 0.5) is 28.1 Å².